The maximum atomic E-state index is 2.35. The van der Waals surface area contributed by atoms with Crippen molar-refractivity contribution in [3.8, 4) is 44.5 Å². The molecule has 46 heavy (non-hydrogen) atoms. The summed E-state index contributed by atoms with van der Waals surface area (Å²) >= 11 is 0. The Kier molecular flexibility index (Phi) is 6.25. The van der Waals surface area contributed by atoms with E-state index in [1.54, 1.807) is 0 Å². The zero-order valence-electron chi connectivity index (χ0n) is 25.3. The molecule has 9 aromatic carbocycles. The summed E-state index contributed by atoms with van der Waals surface area (Å²) in [7, 11) is 0. The van der Waals surface area contributed by atoms with Crippen LogP contribution in [0, 0.1) is 0 Å². The van der Waals surface area contributed by atoms with E-state index in [0.29, 0.717) is 0 Å². The first-order valence-electron chi connectivity index (χ1n) is 15.9. The molecular formula is C46H30. The van der Waals surface area contributed by atoms with Gasteiger partial charge in [0.1, 0.15) is 0 Å². The molecule has 0 amide bonds. The van der Waals surface area contributed by atoms with E-state index in [2.05, 4.69) is 182 Å². The van der Waals surface area contributed by atoms with Crippen molar-refractivity contribution in [2.45, 2.75) is 0 Å². The maximum Gasteiger partial charge on any atom is -0.00268 e. The fraction of sp³-hybridized carbons (Fsp3) is 0. The molecule has 0 aliphatic carbocycles. The molecule has 0 radical (unpaired) electrons. The second-order valence-corrected chi connectivity index (χ2v) is 12.2. The van der Waals surface area contributed by atoms with Gasteiger partial charge in [-0.25, -0.2) is 0 Å². The molecule has 0 fully saturated rings. The van der Waals surface area contributed by atoms with Crippen LogP contribution in [0.15, 0.2) is 182 Å². The van der Waals surface area contributed by atoms with Crippen molar-refractivity contribution in [2.75, 3.05) is 0 Å². The first-order valence-corrected chi connectivity index (χ1v) is 15.9. The van der Waals surface area contributed by atoms with Gasteiger partial charge in [-0.05, 0) is 112 Å². The number of hydrogen-bond acceptors (Lipinski definition) is 0. The molecule has 0 N–H and O–H groups in total. The van der Waals surface area contributed by atoms with Gasteiger partial charge >= 0.3 is 0 Å². The normalized spacial score (nSPS) is 11.5. The van der Waals surface area contributed by atoms with Gasteiger partial charge in [-0.2, -0.15) is 0 Å². The minimum Gasteiger partial charge on any atom is -0.0622 e. The van der Waals surface area contributed by atoms with Crippen molar-refractivity contribution in [3.63, 3.8) is 0 Å². The molecule has 0 spiro atoms. The standard InChI is InChI=1S/C46H30/c1-2-11-33(12-3-1)46-44(39-15-8-14-35(28-39)36-19-17-31-9-4-5-13-34(31)27-36)26-23-41-30-38(22-25-45(41)46)37-21-24-43-40(29-37)20-18-32-10-6-7-16-42(32)43/h1-30H. The molecule has 0 heteroatoms. The first kappa shape index (κ1) is 26.4. The maximum absolute atomic E-state index is 2.35. The van der Waals surface area contributed by atoms with Crippen molar-refractivity contribution in [2.24, 2.45) is 0 Å². The van der Waals surface area contributed by atoms with Gasteiger partial charge in [-0.3, -0.25) is 0 Å². The van der Waals surface area contributed by atoms with Gasteiger partial charge in [0.2, 0.25) is 0 Å². The largest absolute Gasteiger partial charge is 0.0622 e. The van der Waals surface area contributed by atoms with Crippen molar-refractivity contribution in [1.82, 2.24) is 0 Å². The van der Waals surface area contributed by atoms with Gasteiger partial charge in [0.05, 0.1) is 0 Å². The molecule has 0 heterocycles. The van der Waals surface area contributed by atoms with Crippen molar-refractivity contribution >= 4 is 43.1 Å². The third kappa shape index (κ3) is 4.55. The van der Waals surface area contributed by atoms with Gasteiger partial charge in [-0.1, -0.05) is 158 Å². The molecular weight excluding hydrogens is 553 g/mol. The van der Waals surface area contributed by atoms with Crippen LogP contribution in [0.3, 0.4) is 0 Å². The smallest absolute Gasteiger partial charge is 0.00268 e. The third-order valence-electron chi connectivity index (χ3n) is 9.42. The number of fused-ring (bicyclic) bond motifs is 5. The van der Waals surface area contributed by atoms with Crippen LogP contribution in [0.2, 0.25) is 0 Å². The van der Waals surface area contributed by atoms with Crippen molar-refractivity contribution in [1.29, 1.82) is 0 Å². The van der Waals surface area contributed by atoms with E-state index in [4.69, 9.17) is 0 Å². The van der Waals surface area contributed by atoms with Crippen LogP contribution in [0.5, 0.6) is 0 Å². The first-order chi connectivity index (χ1) is 22.8. The Hall–Kier alpha value is -5.98. The average Bonchev–Trinajstić information content (AvgIpc) is 3.14. The highest BCUT2D eigenvalue weighted by Gasteiger charge is 2.14. The highest BCUT2D eigenvalue weighted by Crippen LogP contribution is 2.41. The lowest BCUT2D eigenvalue weighted by Crippen LogP contribution is -1.90. The molecule has 0 unspecified atom stereocenters. The molecule has 0 nitrogen and oxygen atoms in total. The Morgan fingerprint density at radius 3 is 1.54 bits per heavy atom. The van der Waals surface area contributed by atoms with Gasteiger partial charge in [0.25, 0.3) is 0 Å². The van der Waals surface area contributed by atoms with Crippen molar-refractivity contribution in [3.05, 3.63) is 182 Å². The summed E-state index contributed by atoms with van der Waals surface area (Å²) in [6.45, 7) is 0. The summed E-state index contributed by atoms with van der Waals surface area (Å²) in [5, 5.41) is 10.2. The van der Waals surface area contributed by atoms with E-state index in [1.807, 2.05) is 0 Å². The minimum atomic E-state index is 1.22. The summed E-state index contributed by atoms with van der Waals surface area (Å²) in [6.07, 6.45) is 0. The monoisotopic (exact) mass is 582 g/mol. The summed E-state index contributed by atoms with van der Waals surface area (Å²) in [5.41, 5.74) is 9.88. The van der Waals surface area contributed by atoms with Crippen LogP contribution in [0.1, 0.15) is 0 Å². The zero-order valence-corrected chi connectivity index (χ0v) is 25.3. The highest BCUT2D eigenvalue weighted by molar-refractivity contribution is 6.09. The second kappa shape index (κ2) is 10.9. The van der Waals surface area contributed by atoms with E-state index >= 15 is 0 Å². The van der Waals surface area contributed by atoms with Crippen LogP contribution in [-0.2, 0) is 0 Å². The van der Waals surface area contributed by atoms with Gasteiger partial charge < -0.3 is 0 Å². The molecule has 0 atom stereocenters. The molecule has 0 saturated heterocycles. The Morgan fingerprint density at radius 1 is 0.217 bits per heavy atom. The fourth-order valence-corrected chi connectivity index (χ4v) is 7.09. The molecule has 9 rings (SSSR count). The van der Waals surface area contributed by atoms with Gasteiger partial charge in [0.15, 0.2) is 0 Å². The van der Waals surface area contributed by atoms with Crippen LogP contribution >= 0.6 is 0 Å². The highest BCUT2D eigenvalue weighted by atomic mass is 14.2. The lowest BCUT2D eigenvalue weighted by molar-refractivity contribution is 1.59. The Labute approximate surface area is 268 Å². The van der Waals surface area contributed by atoms with Crippen LogP contribution in [0.25, 0.3) is 87.6 Å². The Balaban J connectivity index is 1.17. The quantitative estimate of drug-likeness (QED) is 0.181. The summed E-state index contributed by atoms with van der Waals surface area (Å²) in [6, 6.07) is 66.6. The predicted molar refractivity (Wildman–Crippen MR) is 198 cm³/mol. The molecule has 0 aromatic heterocycles. The van der Waals surface area contributed by atoms with Crippen LogP contribution in [-0.4, -0.2) is 0 Å². The number of hydrogen-bond donors (Lipinski definition) is 0. The van der Waals surface area contributed by atoms with Crippen molar-refractivity contribution < 1.29 is 0 Å². The van der Waals surface area contributed by atoms with E-state index in [-0.39, 0.29) is 0 Å². The van der Waals surface area contributed by atoms with Gasteiger partial charge in [0, 0.05) is 0 Å². The zero-order chi connectivity index (χ0) is 30.5. The topological polar surface area (TPSA) is 0 Å². The molecule has 9 aromatic rings. The van der Waals surface area contributed by atoms with Gasteiger partial charge in [-0.15, -0.1) is 0 Å². The summed E-state index contributed by atoms with van der Waals surface area (Å²) in [4.78, 5) is 0. The minimum absolute atomic E-state index is 1.22. The molecule has 0 bridgehead atoms. The van der Waals surface area contributed by atoms with E-state index < -0.39 is 0 Å². The van der Waals surface area contributed by atoms with Crippen LogP contribution < -0.4 is 0 Å². The van der Waals surface area contributed by atoms with Crippen LogP contribution in [0.4, 0.5) is 0 Å². The molecule has 0 aliphatic rings. The Bertz CT molecular complexity index is 2570. The summed E-state index contributed by atoms with van der Waals surface area (Å²) < 4.78 is 0. The molecule has 0 saturated carbocycles. The number of benzene rings is 9. The molecule has 0 aliphatic heterocycles. The predicted octanol–water partition coefficient (Wildman–Crippen LogP) is 13.0. The SMILES string of the molecule is c1ccc(-c2c(-c3cccc(-c4ccc5ccccc5c4)c3)ccc3cc(-c4ccc5c(ccc6ccccc65)c4)ccc23)cc1. The summed E-state index contributed by atoms with van der Waals surface area (Å²) in [5.74, 6) is 0. The lowest BCUT2D eigenvalue weighted by Gasteiger charge is -2.16. The fourth-order valence-electron chi connectivity index (χ4n) is 7.09. The second-order valence-electron chi connectivity index (χ2n) is 12.2. The molecule has 214 valence electrons. The lowest BCUT2D eigenvalue weighted by atomic mass is 9.87. The third-order valence-corrected chi connectivity index (χ3v) is 9.42. The van der Waals surface area contributed by atoms with E-state index in [9.17, 15) is 0 Å². The Morgan fingerprint density at radius 2 is 0.717 bits per heavy atom. The van der Waals surface area contributed by atoms with E-state index in [0.717, 1.165) is 0 Å². The van der Waals surface area contributed by atoms with E-state index in [1.165, 1.54) is 87.6 Å². The number of rotatable bonds is 4. The average molecular weight is 583 g/mol.